The maximum Gasteiger partial charge on any atom is 0.157 e. The van der Waals surface area contributed by atoms with Crippen LogP contribution < -0.4 is 0 Å². The number of benzene rings is 2. The normalized spacial score (nSPS) is 12.1. The monoisotopic (exact) mass is 450 g/mol. The fraction of sp³-hybridized carbons (Fsp3) is 0.120. The summed E-state index contributed by atoms with van der Waals surface area (Å²) >= 11 is 1.38. The third kappa shape index (κ3) is 3.47. The van der Waals surface area contributed by atoms with Gasteiger partial charge < -0.3 is 10.1 Å². The molecule has 0 spiro atoms. The van der Waals surface area contributed by atoms with Crippen molar-refractivity contribution in [2.24, 2.45) is 0 Å². The van der Waals surface area contributed by atoms with E-state index in [2.05, 4.69) is 22.1 Å². The lowest BCUT2D eigenvalue weighted by Gasteiger charge is -2.11. The van der Waals surface area contributed by atoms with Gasteiger partial charge in [0, 0.05) is 0 Å². The number of fused-ring (bicyclic) bond motifs is 4. The minimum atomic E-state index is -0.0680. The quantitative estimate of drug-likeness (QED) is 0.211. The van der Waals surface area contributed by atoms with Crippen LogP contribution in [0, 0.1) is 22.7 Å². The molecule has 0 unspecified atom stereocenters. The van der Waals surface area contributed by atoms with Gasteiger partial charge in [-0.1, -0.05) is 43.0 Å². The molecule has 33 heavy (non-hydrogen) atoms. The molecule has 0 radical (unpaired) electrons. The smallest absolute Gasteiger partial charge is 0.157 e. The van der Waals surface area contributed by atoms with Gasteiger partial charge in [-0.25, -0.2) is 9.97 Å². The summed E-state index contributed by atoms with van der Waals surface area (Å²) in [6.45, 7) is 2.00. The van der Waals surface area contributed by atoms with Gasteiger partial charge in [0.05, 0.1) is 38.4 Å². The standard InChI is InChI=1S/C25H18N6OS/c1-2-15-11-23(31-21-10-6-5-9-20(21)30-25(31)16(15)12-26)33-14-22(32)17(13-27)24-28-18-7-3-4-8-19(18)29-24/h3-11,32H,2,14H2,1H3,(H,28,29). The fourth-order valence-electron chi connectivity index (χ4n) is 3.89. The molecule has 0 saturated carbocycles. The number of pyridine rings is 1. The second kappa shape index (κ2) is 8.34. The number of allylic oxidation sites excluding steroid dienone is 1. The van der Waals surface area contributed by atoms with Crippen LogP contribution in [0.5, 0.6) is 0 Å². The maximum atomic E-state index is 10.8. The number of aliphatic hydroxyl groups is 1. The van der Waals surface area contributed by atoms with Crippen molar-refractivity contribution in [3.8, 4) is 12.1 Å². The summed E-state index contributed by atoms with van der Waals surface area (Å²) < 4.78 is 1.94. The van der Waals surface area contributed by atoms with Crippen LogP contribution in [0.2, 0.25) is 0 Å². The van der Waals surface area contributed by atoms with Gasteiger partial charge >= 0.3 is 0 Å². The first-order chi connectivity index (χ1) is 16.1. The number of thioether (sulfide) groups is 1. The summed E-state index contributed by atoms with van der Waals surface area (Å²) in [4.78, 5) is 12.2. The zero-order valence-electron chi connectivity index (χ0n) is 17.7. The van der Waals surface area contributed by atoms with Gasteiger partial charge in [-0.2, -0.15) is 10.5 Å². The van der Waals surface area contributed by atoms with Crippen LogP contribution >= 0.6 is 11.8 Å². The molecule has 5 rings (SSSR count). The molecule has 0 amide bonds. The van der Waals surface area contributed by atoms with Crippen molar-refractivity contribution in [2.45, 2.75) is 18.4 Å². The number of hydrogen-bond donors (Lipinski definition) is 2. The molecule has 0 fully saturated rings. The Hall–Kier alpha value is -4.27. The summed E-state index contributed by atoms with van der Waals surface area (Å²) in [5.74, 6) is 0.432. The zero-order chi connectivity index (χ0) is 22.9. The number of aryl methyl sites for hydroxylation is 1. The predicted octanol–water partition coefficient (Wildman–Crippen LogP) is 5.38. The molecule has 0 bridgehead atoms. The molecule has 0 aliphatic rings. The fourth-order valence-corrected chi connectivity index (χ4v) is 4.86. The predicted molar refractivity (Wildman–Crippen MR) is 129 cm³/mol. The lowest BCUT2D eigenvalue weighted by Crippen LogP contribution is -2.01. The van der Waals surface area contributed by atoms with E-state index < -0.39 is 0 Å². The van der Waals surface area contributed by atoms with E-state index in [-0.39, 0.29) is 17.1 Å². The molecular weight excluding hydrogens is 432 g/mol. The highest BCUT2D eigenvalue weighted by Gasteiger charge is 2.18. The number of nitrogens with zero attached hydrogens (tertiary/aromatic N) is 5. The Bertz CT molecular complexity index is 1610. The van der Waals surface area contributed by atoms with Crippen molar-refractivity contribution in [1.29, 1.82) is 10.5 Å². The molecule has 0 saturated heterocycles. The molecule has 2 aromatic carbocycles. The Balaban J connectivity index is 1.59. The molecule has 160 valence electrons. The molecule has 2 N–H and O–H groups in total. The number of aliphatic hydroxyl groups excluding tert-OH is 1. The van der Waals surface area contributed by atoms with Gasteiger partial charge in [-0.3, -0.25) is 4.40 Å². The van der Waals surface area contributed by atoms with Crippen LogP contribution in [-0.2, 0) is 6.42 Å². The van der Waals surface area contributed by atoms with Gasteiger partial charge in [0.2, 0.25) is 0 Å². The van der Waals surface area contributed by atoms with E-state index in [1.54, 1.807) is 0 Å². The Morgan fingerprint density at radius 2 is 1.85 bits per heavy atom. The summed E-state index contributed by atoms with van der Waals surface area (Å²) in [6, 6.07) is 21.5. The molecule has 8 heteroatoms. The SMILES string of the molecule is CCc1cc(SCC(O)=C(C#N)c2nc3ccccc3[nH]2)n2c(nc3ccccc32)c1C#N. The number of para-hydroxylation sites is 4. The van der Waals surface area contributed by atoms with Gasteiger partial charge in [0.1, 0.15) is 23.5 Å². The first kappa shape index (κ1) is 20.6. The van der Waals surface area contributed by atoms with E-state index in [1.165, 1.54) is 11.8 Å². The maximum absolute atomic E-state index is 10.8. The second-order valence-electron chi connectivity index (χ2n) is 7.43. The van der Waals surface area contributed by atoms with Crippen LogP contribution in [0.1, 0.15) is 23.9 Å². The number of aromatic amines is 1. The van der Waals surface area contributed by atoms with Crippen molar-refractivity contribution in [3.05, 3.63) is 77.3 Å². The Kier molecular flexibility index (Phi) is 5.21. The minimum absolute atomic E-state index is 0.0680. The number of aromatic nitrogens is 4. The van der Waals surface area contributed by atoms with E-state index in [0.29, 0.717) is 23.5 Å². The summed E-state index contributed by atoms with van der Waals surface area (Å²) in [6.07, 6.45) is 0.681. The Labute approximate surface area is 193 Å². The van der Waals surface area contributed by atoms with Crippen molar-refractivity contribution in [1.82, 2.24) is 19.4 Å². The van der Waals surface area contributed by atoms with Crippen LogP contribution in [0.25, 0.3) is 33.3 Å². The van der Waals surface area contributed by atoms with Crippen LogP contribution in [0.4, 0.5) is 0 Å². The first-order valence-corrected chi connectivity index (χ1v) is 11.4. The van der Waals surface area contributed by atoms with Crippen molar-refractivity contribution >= 4 is 45.0 Å². The molecule has 7 nitrogen and oxygen atoms in total. The van der Waals surface area contributed by atoms with E-state index in [4.69, 9.17) is 4.98 Å². The first-order valence-electron chi connectivity index (χ1n) is 10.4. The highest BCUT2D eigenvalue weighted by atomic mass is 32.2. The topological polar surface area (TPSA) is 114 Å². The van der Waals surface area contributed by atoms with E-state index in [1.807, 2.05) is 65.9 Å². The average molecular weight is 451 g/mol. The summed E-state index contributed by atoms with van der Waals surface area (Å²) in [7, 11) is 0. The van der Waals surface area contributed by atoms with Crippen molar-refractivity contribution in [2.75, 3.05) is 5.75 Å². The number of hydrogen-bond acceptors (Lipinski definition) is 6. The Morgan fingerprint density at radius 3 is 2.58 bits per heavy atom. The molecule has 0 aliphatic heterocycles. The van der Waals surface area contributed by atoms with Crippen molar-refractivity contribution in [3.63, 3.8) is 0 Å². The van der Waals surface area contributed by atoms with Crippen LogP contribution in [0.3, 0.4) is 0 Å². The number of rotatable bonds is 5. The van der Waals surface area contributed by atoms with E-state index >= 15 is 0 Å². The van der Waals surface area contributed by atoms with Gasteiger partial charge in [-0.05, 0) is 42.3 Å². The largest absolute Gasteiger partial charge is 0.510 e. The minimum Gasteiger partial charge on any atom is -0.510 e. The van der Waals surface area contributed by atoms with Crippen LogP contribution in [-0.4, -0.2) is 30.2 Å². The van der Waals surface area contributed by atoms with E-state index in [9.17, 15) is 15.6 Å². The molecule has 5 aromatic rings. The highest BCUT2D eigenvalue weighted by molar-refractivity contribution is 7.99. The number of nitrogens with one attached hydrogen (secondary N) is 1. The zero-order valence-corrected chi connectivity index (χ0v) is 18.5. The molecule has 3 aromatic heterocycles. The third-order valence-corrected chi connectivity index (χ3v) is 6.51. The lowest BCUT2D eigenvalue weighted by molar-refractivity contribution is 0.420. The van der Waals surface area contributed by atoms with Crippen LogP contribution in [0.15, 0.2) is 65.4 Å². The number of H-pyrrole nitrogens is 1. The van der Waals surface area contributed by atoms with Gasteiger partial charge in [0.25, 0.3) is 0 Å². The number of nitriles is 2. The second-order valence-corrected chi connectivity index (χ2v) is 8.43. The molecule has 0 atom stereocenters. The van der Waals surface area contributed by atoms with Gasteiger partial charge in [-0.15, -0.1) is 0 Å². The molecule has 3 heterocycles. The highest BCUT2D eigenvalue weighted by Crippen LogP contribution is 2.31. The average Bonchev–Trinajstić information content (AvgIpc) is 3.44. The Morgan fingerprint density at radius 1 is 1.09 bits per heavy atom. The molecule has 0 aliphatic carbocycles. The number of imidazole rings is 2. The summed E-state index contributed by atoms with van der Waals surface area (Å²) in [5, 5.41) is 31.1. The van der Waals surface area contributed by atoms with Crippen molar-refractivity contribution < 1.29 is 5.11 Å². The summed E-state index contributed by atoms with van der Waals surface area (Å²) in [5.41, 5.74) is 5.36. The third-order valence-electron chi connectivity index (χ3n) is 5.50. The van der Waals surface area contributed by atoms with E-state index in [0.717, 1.165) is 32.7 Å². The van der Waals surface area contributed by atoms with Gasteiger partial charge in [0.15, 0.2) is 11.5 Å². The molecular formula is C25H18N6OS. The lowest BCUT2D eigenvalue weighted by atomic mass is 10.1.